The molecule has 6 heteroatoms. The normalized spacial score (nSPS) is 18.6. The monoisotopic (exact) mass is 270 g/mol. The predicted molar refractivity (Wildman–Crippen MR) is 69.2 cm³/mol. The Labute approximate surface area is 113 Å². The summed E-state index contributed by atoms with van der Waals surface area (Å²) >= 11 is 0. The number of ether oxygens (including phenoxy) is 1. The molecule has 0 aromatic carbocycles. The number of rotatable bonds is 6. The van der Waals surface area contributed by atoms with Gasteiger partial charge < -0.3 is 14.5 Å². The van der Waals surface area contributed by atoms with Crippen molar-refractivity contribution in [2.45, 2.75) is 27.2 Å². The van der Waals surface area contributed by atoms with Crippen LogP contribution in [0.4, 0.5) is 0 Å². The van der Waals surface area contributed by atoms with E-state index in [0.717, 1.165) is 0 Å². The van der Waals surface area contributed by atoms with Crippen LogP contribution in [0.3, 0.4) is 0 Å². The summed E-state index contributed by atoms with van der Waals surface area (Å²) in [4.78, 5) is 38.4. The average Bonchev–Trinajstić information content (AvgIpc) is 2.76. The predicted octanol–water partition coefficient (Wildman–Crippen LogP) is 0.266. The van der Waals surface area contributed by atoms with E-state index >= 15 is 0 Å². The second kappa shape index (κ2) is 7.11. The van der Waals surface area contributed by atoms with Crippen LogP contribution in [0.25, 0.3) is 0 Å². The fourth-order valence-corrected chi connectivity index (χ4v) is 2.21. The van der Waals surface area contributed by atoms with Gasteiger partial charge in [0.15, 0.2) is 0 Å². The highest BCUT2D eigenvalue weighted by atomic mass is 16.5. The molecule has 1 heterocycles. The lowest BCUT2D eigenvalue weighted by molar-refractivity contribution is -0.150. The molecule has 0 aliphatic carbocycles. The van der Waals surface area contributed by atoms with Crippen molar-refractivity contribution in [1.29, 1.82) is 0 Å². The smallest absolute Gasteiger partial charge is 0.325 e. The van der Waals surface area contributed by atoms with Crippen LogP contribution in [-0.4, -0.2) is 60.4 Å². The van der Waals surface area contributed by atoms with Gasteiger partial charge in [0.05, 0.1) is 12.5 Å². The number of carbonyl (C=O) groups is 3. The van der Waals surface area contributed by atoms with E-state index in [1.807, 2.05) is 13.8 Å². The molecule has 6 nitrogen and oxygen atoms in total. The molecule has 0 N–H and O–H groups in total. The van der Waals surface area contributed by atoms with E-state index in [-0.39, 0.29) is 30.7 Å². The first kappa shape index (κ1) is 15.5. The zero-order valence-corrected chi connectivity index (χ0v) is 11.8. The van der Waals surface area contributed by atoms with Crippen LogP contribution in [0.15, 0.2) is 0 Å². The molecular weight excluding hydrogens is 248 g/mol. The van der Waals surface area contributed by atoms with Crippen LogP contribution < -0.4 is 0 Å². The third-order valence-electron chi connectivity index (χ3n) is 3.26. The number of likely N-dealkylation sites (N-methyl/N-ethyl adjacent to an activating group) is 1. The van der Waals surface area contributed by atoms with Gasteiger partial charge >= 0.3 is 5.97 Å². The molecule has 1 aliphatic heterocycles. The Morgan fingerprint density at radius 1 is 1.37 bits per heavy atom. The molecule has 0 aromatic heterocycles. The van der Waals surface area contributed by atoms with Crippen LogP contribution in [0.1, 0.15) is 27.2 Å². The van der Waals surface area contributed by atoms with Gasteiger partial charge in [-0.25, -0.2) is 0 Å². The maximum absolute atomic E-state index is 12.3. The standard InChI is InChI=1S/C13H22N2O4/c1-4-14-8-10(7-11(14)16)13(18)15(5-2)9-12(17)19-6-3/h10H,4-9H2,1-3H3. The Kier molecular flexibility index (Phi) is 5.79. The van der Waals surface area contributed by atoms with E-state index in [2.05, 4.69) is 0 Å². The van der Waals surface area contributed by atoms with Gasteiger partial charge in [-0.05, 0) is 20.8 Å². The van der Waals surface area contributed by atoms with Crippen molar-refractivity contribution in [2.24, 2.45) is 5.92 Å². The molecule has 1 fully saturated rings. The molecule has 1 rings (SSSR count). The first-order valence-electron chi connectivity index (χ1n) is 6.75. The minimum atomic E-state index is -0.408. The molecule has 1 saturated heterocycles. The average molecular weight is 270 g/mol. The molecule has 2 amide bonds. The van der Waals surface area contributed by atoms with Crippen molar-refractivity contribution in [3.63, 3.8) is 0 Å². The maximum atomic E-state index is 12.3. The number of likely N-dealkylation sites (tertiary alicyclic amines) is 1. The molecular formula is C13H22N2O4. The summed E-state index contributed by atoms with van der Waals surface area (Å²) in [5.74, 6) is -0.871. The summed E-state index contributed by atoms with van der Waals surface area (Å²) in [6, 6.07) is 0. The Morgan fingerprint density at radius 2 is 2.05 bits per heavy atom. The summed E-state index contributed by atoms with van der Waals surface area (Å²) in [5, 5.41) is 0. The molecule has 1 aliphatic rings. The number of nitrogens with zero attached hydrogens (tertiary/aromatic N) is 2. The second-order valence-electron chi connectivity index (χ2n) is 4.49. The van der Waals surface area contributed by atoms with Gasteiger partial charge in [-0.1, -0.05) is 0 Å². The van der Waals surface area contributed by atoms with Crippen LogP contribution in [0.5, 0.6) is 0 Å². The number of esters is 1. The molecule has 1 atom stereocenters. The first-order valence-corrected chi connectivity index (χ1v) is 6.75. The topological polar surface area (TPSA) is 66.9 Å². The zero-order valence-electron chi connectivity index (χ0n) is 11.8. The Hall–Kier alpha value is -1.59. The van der Waals surface area contributed by atoms with E-state index in [0.29, 0.717) is 26.2 Å². The molecule has 0 saturated carbocycles. The van der Waals surface area contributed by atoms with Crippen molar-refractivity contribution in [1.82, 2.24) is 9.80 Å². The van der Waals surface area contributed by atoms with E-state index in [4.69, 9.17) is 4.74 Å². The second-order valence-corrected chi connectivity index (χ2v) is 4.49. The van der Waals surface area contributed by atoms with Gasteiger partial charge in [0.1, 0.15) is 6.54 Å². The number of carbonyl (C=O) groups excluding carboxylic acids is 3. The third kappa shape index (κ3) is 3.94. The van der Waals surface area contributed by atoms with Crippen LogP contribution in [0, 0.1) is 5.92 Å². The fraction of sp³-hybridized carbons (Fsp3) is 0.769. The lowest BCUT2D eigenvalue weighted by Crippen LogP contribution is -2.41. The summed E-state index contributed by atoms with van der Waals surface area (Å²) in [5.41, 5.74) is 0. The van der Waals surface area contributed by atoms with Crippen molar-refractivity contribution in [2.75, 3.05) is 32.8 Å². The third-order valence-corrected chi connectivity index (χ3v) is 3.26. The minimum Gasteiger partial charge on any atom is -0.465 e. The van der Waals surface area contributed by atoms with Gasteiger partial charge in [0.2, 0.25) is 11.8 Å². The highest BCUT2D eigenvalue weighted by Gasteiger charge is 2.35. The van der Waals surface area contributed by atoms with Crippen molar-refractivity contribution in [3.05, 3.63) is 0 Å². The number of hydrogen-bond acceptors (Lipinski definition) is 4. The summed E-state index contributed by atoms with van der Waals surface area (Å²) in [6.07, 6.45) is 0.242. The SMILES string of the molecule is CCOC(=O)CN(CC)C(=O)C1CC(=O)N(CC)C1. The van der Waals surface area contributed by atoms with Crippen molar-refractivity contribution in [3.8, 4) is 0 Å². The molecule has 0 radical (unpaired) electrons. The van der Waals surface area contributed by atoms with E-state index < -0.39 is 5.97 Å². The van der Waals surface area contributed by atoms with E-state index in [9.17, 15) is 14.4 Å². The summed E-state index contributed by atoms with van der Waals surface area (Å²) < 4.78 is 4.84. The van der Waals surface area contributed by atoms with Crippen LogP contribution in [-0.2, 0) is 19.1 Å². The van der Waals surface area contributed by atoms with Gasteiger partial charge in [-0.3, -0.25) is 14.4 Å². The fourth-order valence-electron chi connectivity index (χ4n) is 2.21. The van der Waals surface area contributed by atoms with E-state index in [1.165, 1.54) is 4.90 Å². The first-order chi connectivity index (χ1) is 9.03. The summed E-state index contributed by atoms with van der Waals surface area (Å²) in [6.45, 7) is 7.20. The largest absolute Gasteiger partial charge is 0.465 e. The highest BCUT2D eigenvalue weighted by molar-refractivity contribution is 5.90. The van der Waals surface area contributed by atoms with Gasteiger partial charge in [-0.2, -0.15) is 0 Å². The summed E-state index contributed by atoms with van der Waals surface area (Å²) in [7, 11) is 0. The lowest BCUT2D eigenvalue weighted by atomic mass is 10.1. The number of hydrogen-bond donors (Lipinski definition) is 0. The molecule has 19 heavy (non-hydrogen) atoms. The van der Waals surface area contributed by atoms with Crippen LogP contribution in [0.2, 0.25) is 0 Å². The Balaban J connectivity index is 2.59. The molecule has 1 unspecified atom stereocenters. The van der Waals surface area contributed by atoms with Gasteiger partial charge in [0, 0.05) is 26.1 Å². The van der Waals surface area contributed by atoms with Gasteiger partial charge in [0.25, 0.3) is 0 Å². The molecule has 0 aromatic rings. The van der Waals surface area contributed by atoms with E-state index in [1.54, 1.807) is 11.8 Å². The molecule has 108 valence electrons. The molecule has 0 bridgehead atoms. The maximum Gasteiger partial charge on any atom is 0.325 e. The van der Waals surface area contributed by atoms with Crippen molar-refractivity contribution >= 4 is 17.8 Å². The zero-order chi connectivity index (χ0) is 14.4. The van der Waals surface area contributed by atoms with Gasteiger partial charge in [-0.15, -0.1) is 0 Å². The Morgan fingerprint density at radius 3 is 2.53 bits per heavy atom. The highest BCUT2D eigenvalue weighted by Crippen LogP contribution is 2.19. The quantitative estimate of drug-likeness (QED) is 0.650. The minimum absolute atomic E-state index is 0.00744. The van der Waals surface area contributed by atoms with Crippen LogP contribution >= 0.6 is 0 Å². The van der Waals surface area contributed by atoms with Crippen molar-refractivity contribution < 1.29 is 19.1 Å². The molecule has 0 spiro atoms. The Bertz CT molecular complexity index is 357. The number of amides is 2. The lowest BCUT2D eigenvalue weighted by Gasteiger charge is -2.23.